The molecule has 0 bridgehead atoms. The van der Waals surface area contributed by atoms with Crippen molar-refractivity contribution in [1.29, 1.82) is 0 Å². The van der Waals surface area contributed by atoms with Crippen LogP contribution >= 0.6 is 15.9 Å². The summed E-state index contributed by atoms with van der Waals surface area (Å²) in [6, 6.07) is 0.428. The van der Waals surface area contributed by atoms with Crippen molar-refractivity contribution >= 4 is 27.7 Å². The van der Waals surface area contributed by atoms with Crippen molar-refractivity contribution in [3.05, 3.63) is 10.7 Å². The Balaban J connectivity index is 2.14. The lowest BCUT2D eigenvalue weighted by molar-refractivity contribution is 0.317. The molecule has 7 nitrogen and oxygen atoms in total. The van der Waals surface area contributed by atoms with E-state index in [1.807, 2.05) is 0 Å². The molecule has 0 aromatic carbocycles. The van der Waals surface area contributed by atoms with Gasteiger partial charge in [-0.1, -0.05) is 5.16 Å². The number of hydrogen-bond donors (Lipinski definition) is 2. The summed E-state index contributed by atoms with van der Waals surface area (Å²) in [6.45, 7) is 0.616. The largest absolute Gasteiger partial charge is 0.480 e. The first-order valence-corrected chi connectivity index (χ1v) is 6.74. The zero-order valence-corrected chi connectivity index (χ0v) is 12.2. The Labute approximate surface area is 119 Å². The van der Waals surface area contributed by atoms with Crippen LogP contribution in [0.2, 0.25) is 0 Å². The molecule has 1 aromatic rings. The lowest BCUT2D eigenvalue weighted by Gasteiger charge is -2.22. The van der Waals surface area contributed by atoms with Crippen LogP contribution in [0.3, 0.4) is 0 Å². The first-order chi connectivity index (χ1) is 9.15. The first kappa shape index (κ1) is 13.9. The maximum absolute atomic E-state index is 8.58. The molecule has 1 saturated carbocycles. The minimum absolute atomic E-state index is 0.203. The Morgan fingerprint density at radius 2 is 2.42 bits per heavy atom. The topological polar surface area (TPSA) is 96.9 Å². The zero-order valence-electron chi connectivity index (χ0n) is 10.6. The molecule has 1 aromatic heterocycles. The number of amidine groups is 1. The van der Waals surface area contributed by atoms with E-state index in [1.165, 1.54) is 0 Å². The normalized spacial score (nSPS) is 15.4. The molecular weight excluding hydrogens is 314 g/mol. The number of rotatable bonds is 6. The monoisotopic (exact) mass is 329 g/mol. The van der Waals surface area contributed by atoms with Crippen LogP contribution in [0.5, 0.6) is 5.88 Å². The summed E-state index contributed by atoms with van der Waals surface area (Å²) >= 11 is 3.33. The highest BCUT2D eigenvalue weighted by atomic mass is 79.9. The van der Waals surface area contributed by atoms with Crippen LogP contribution in [0, 0.1) is 0 Å². The summed E-state index contributed by atoms with van der Waals surface area (Å²) in [5, 5.41) is 11.6. The molecule has 1 fully saturated rings. The summed E-state index contributed by atoms with van der Waals surface area (Å²) < 4.78 is 5.88. The smallest absolute Gasteiger partial charge is 0.232 e. The third-order valence-corrected chi connectivity index (χ3v) is 3.42. The third-order valence-electron chi connectivity index (χ3n) is 2.87. The van der Waals surface area contributed by atoms with Gasteiger partial charge in [0, 0.05) is 19.0 Å². The second-order valence-electron chi connectivity index (χ2n) is 4.29. The van der Waals surface area contributed by atoms with E-state index < -0.39 is 0 Å². The van der Waals surface area contributed by atoms with Gasteiger partial charge in [-0.05, 0) is 28.8 Å². The molecule has 3 N–H and O–H groups in total. The van der Waals surface area contributed by atoms with Gasteiger partial charge in [0.25, 0.3) is 0 Å². The minimum Gasteiger partial charge on any atom is -0.480 e. The molecule has 1 aliphatic rings. The van der Waals surface area contributed by atoms with Crippen LogP contribution in [0.25, 0.3) is 0 Å². The summed E-state index contributed by atoms with van der Waals surface area (Å²) in [7, 11) is 1.56. The predicted molar refractivity (Wildman–Crippen MR) is 74.7 cm³/mol. The van der Waals surface area contributed by atoms with E-state index in [1.54, 1.807) is 13.3 Å². The van der Waals surface area contributed by atoms with E-state index >= 15 is 0 Å². The van der Waals surface area contributed by atoms with Crippen molar-refractivity contribution in [3.8, 4) is 5.88 Å². The van der Waals surface area contributed by atoms with Gasteiger partial charge < -0.3 is 20.6 Å². The Kier molecular flexibility index (Phi) is 4.41. The van der Waals surface area contributed by atoms with Gasteiger partial charge in [-0.15, -0.1) is 0 Å². The van der Waals surface area contributed by atoms with E-state index in [4.69, 9.17) is 15.7 Å². The number of methoxy groups -OCH3 is 1. The summed E-state index contributed by atoms with van der Waals surface area (Å²) in [5.74, 6) is 1.31. The minimum atomic E-state index is 0.203. The highest BCUT2D eigenvalue weighted by Crippen LogP contribution is 2.31. The lowest BCUT2D eigenvalue weighted by Crippen LogP contribution is -2.31. The maximum atomic E-state index is 8.58. The van der Waals surface area contributed by atoms with Crippen molar-refractivity contribution in [2.75, 3.05) is 18.6 Å². The third kappa shape index (κ3) is 3.46. The van der Waals surface area contributed by atoms with Gasteiger partial charge in [0.2, 0.25) is 11.8 Å². The molecule has 104 valence electrons. The molecule has 0 amide bonds. The van der Waals surface area contributed by atoms with Gasteiger partial charge in [0.15, 0.2) is 0 Å². The number of halogens is 1. The molecule has 0 aliphatic heterocycles. The summed E-state index contributed by atoms with van der Waals surface area (Å²) in [4.78, 5) is 10.7. The zero-order chi connectivity index (χ0) is 13.8. The van der Waals surface area contributed by atoms with Gasteiger partial charge in [0.05, 0.1) is 17.8 Å². The number of nitrogens with zero attached hydrogens (tertiary/aromatic N) is 4. The standard InChI is InChI=1S/C11H16BrN5O2/c1-19-10-8(12)6-14-11(15-10)17(7-2-3-7)5-4-9(13)16-18/h6-7,18H,2-5H2,1H3,(H2,13,16). The van der Waals surface area contributed by atoms with E-state index in [9.17, 15) is 0 Å². The number of oxime groups is 1. The summed E-state index contributed by atoms with van der Waals surface area (Å²) in [5.41, 5.74) is 5.50. The van der Waals surface area contributed by atoms with Crippen molar-refractivity contribution < 1.29 is 9.94 Å². The quantitative estimate of drug-likeness (QED) is 0.354. The fraction of sp³-hybridized carbons (Fsp3) is 0.545. The van der Waals surface area contributed by atoms with Crippen LogP contribution in [0.4, 0.5) is 5.95 Å². The van der Waals surface area contributed by atoms with E-state index in [2.05, 4.69) is 36.0 Å². The fourth-order valence-corrected chi connectivity index (χ4v) is 2.09. The number of ether oxygens (including phenoxy) is 1. The molecule has 8 heteroatoms. The Hall–Kier alpha value is -1.57. The van der Waals surface area contributed by atoms with Gasteiger partial charge in [0.1, 0.15) is 5.84 Å². The average Bonchev–Trinajstić information content (AvgIpc) is 3.24. The van der Waals surface area contributed by atoms with Gasteiger partial charge in [-0.2, -0.15) is 4.98 Å². The second-order valence-corrected chi connectivity index (χ2v) is 5.15. The first-order valence-electron chi connectivity index (χ1n) is 5.95. The molecule has 1 aliphatic carbocycles. The van der Waals surface area contributed by atoms with E-state index in [0.29, 0.717) is 35.3 Å². The molecule has 1 heterocycles. The number of hydrogen-bond acceptors (Lipinski definition) is 6. The van der Waals surface area contributed by atoms with Gasteiger partial charge in [-0.25, -0.2) is 4.98 Å². The molecule has 19 heavy (non-hydrogen) atoms. The molecule has 0 radical (unpaired) electrons. The number of aromatic nitrogens is 2. The Morgan fingerprint density at radius 3 is 3.00 bits per heavy atom. The number of anilines is 1. The van der Waals surface area contributed by atoms with Crippen LogP contribution in [0.15, 0.2) is 15.8 Å². The predicted octanol–water partition coefficient (Wildman–Crippen LogP) is 1.35. The lowest BCUT2D eigenvalue weighted by atomic mass is 10.3. The van der Waals surface area contributed by atoms with Crippen molar-refractivity contribution in [2.24, 2.45) is 10.9 Å². The number of nitrogens with two attached hydrogens (primary N) is 1. The average molecular weight is 330 g/mol. The molecule has 0 unspecified atom stereocenters. The molecule has 2 rings (SSSR count). The molecular formula is C11H16BrN5O2. The van der Waals surface area contributed by atoms with Crippen molar-refractivity contribution in [2.45, 2.75) is 25.3 Å². The van der Waals surface area contributed by atoms with Gasteiger partial charge >= 0.3 is 0 Å². The molecule has 0 saturated heterocycles. The molecule has 0 atom stereocenters. The van der Waals surface area contributed by atoms with Crippen LogP contribution in [-0.4, -0.2) is 40.7 Å². The van der Waals surface area contributed by atoms with E-state index in [0.717, 1.165) is 12.8 Å². The highest BCUT2D eigenvalue weighted by Gasteiger charge is 2.31. The van der Waals surface area contributed by atoms with Crippen LogP contribution in [-0.2, 0) is 0 Å². The van der Waals surface area contributed by atoms with Crippen molar-refractivity contribution in [3.63, 3.8) is 0 Å². The Bertz CT molecular complexity index is 478. The second kappa shape index (κ2) is 6.05. The summed E-state index contributed by atoms with van der Waals surface area (Å²) in [6.07, 6.45) is 4.35. The Morgan fingerprint density at radius 1 is 1.68 bits per heavy atom. The SMILES string of the molecule is COc1nc(N(CCC(N)=NO)C2CC2)ncc1Br. The molecule has 0 spiro atoms. The van der Waals surface area contributed by atoms with Crippen molar-refractivity contribution in [1.82, 2.24) is 9.97 Å². The van der Waals surface area contributed by atoms with Gasteiger partial charge in [-0.3, -0.25) is 0 Å². The van der Waals surface area contributed by atoms with E-state index in [-0.39, 0.29) is 5.84 Å². The maximum Gasteiger partial charge on any atom is 0.232 e. The van der Waals surface area contributed by atoms with Crippen LogP contribution < -0.4 is 15.4 Å². The highest BCUT2D eigenvalue weighted by molar-refractivity contribution is 9.10. The fourth-order valence-electron chi connectivity index (χ4n) is 1.74. The van der Waals surface area contributed by atoms with Crippen LogP contribution in [0.1, 0.15) is 19.3 Å².